The fourth-order valence-electron chi connectivity index (χ4n) is 2.05. The van der Waals surface area contributed by atoms with Crippen LogP contribution in [0.4, 0.5) is 0 Å². The normalized spacial score (nSPS) is 21.0. The van der Waals surface area contributed by atoms with Crippen molar-refractivity contribution in [3.05, 3.63) is 33.1 Å². The number of carboxylic acids is 1. The number of hydrogen-bond acceptors (Lipinski definition) is 6. The molecule has 2 heterocycles. The molecule has 2 amide bonds. The monoisotopic (exact) mass is 382 g/mol. The number of nitrogens with one attached hydrogen (secondary N) is 1. The van der Waals surface area contributed by atoms with Crippen LogP contribution in [0.3, 0.4) is 0 Å². The number of hydrogen-bond donors (Lipinski definition) is 2. The number of amides is 2. The van der Waals surface area contributed by atoms with Crippen molar-refractivity contribution in [2.45, 2.75) is 24.8 Å². The van der Waals surface area contributed by atoms with Crippen molar-refractivity contribution in [2.24, 2.45) is 0 Å². The molecule has 1 aromatic rings. The summed E-state index contributed by atoms with van der Waals surface area (Å²) in [7, 11) is 0. The summed E-state index contributed by atoms with van der Waals surface area (Å²) < 4.78 is 0. The number of carbonyl (C=O) groups excluding carboxylic acids is 3. The smallest absolute Gasteiger partial charge is 0.543 e. The van der Waals surface area contributed by atoms with E-state index in [0.717, 1.165) is 9.78 Å². The van der Waals surface area contributed by atoms with Crippen molar-refractivity contribution < 1.29 is 49.0 Å². The summed E-state index contributed by atoms with van der Waals surface area (Å²) in [6.07, 6.45) is 0.152. The van der Waals surface area contributed by atoms with Crippen LogP contribution in [0.2, 0.25) is 0 Å². The summed E-state index contributed by atoms with van der Waals surface area (Å²) in [4.78, 5) is 36.7. The number of rotatable bonds is 5. The fourth-order valence-corrected chi connectivity index (χ4v) is 3.36. The predicted molar refractivity (Wildman–Crippen MR) is 83.1 cm³/mol. The third-order valence-corrected chi connectivity index (χ3v) is 4.64. The molecule has 1 aliphatic heterocycles. The summed E-state index contributed by atoms with van der Waals surface area (Å²) in [5, 5.41) is 14.5. The Hall–Kier alpha value is -0.510. The molecule has 6 nitrogen and oxygen atoms in total. The van der Waals surface area contributed by atoms with Gasteiger partial charge in [0.25, 0.3) is 5.91 Å². The topological polar surface area (TPSA) is 89.5 Å². The number of thiol groups is 1. The van der Waals surface area contributed by atoms with Gasteiger partial charge in [0.2, 0.25) is 5.91 Å². The SMILES string of the molecule is C/C(Cl)=C(\C(=O)[O-])N1C(=O)C(NC(=O)Cc2cccs2)C1S.[Na+]. The van der Waals surface area contributed by atoms with Crippen LogP contribution in [-0.2, 0) is 20.8 Å². The minimum Gasteiger partial charge on any atom is -0.543 e. The summed E-state index contributed by atoms with van der Waals surface area (Å²) >= 11 is 11.3. The number of halogens is 1. The van der Waals surface area contributed by atoms with Gasteiger partial charge in [-0.25, -0.2) is 0 Å². The van der Waals surface area contributed by atoms with E-state index in [4.69, 9.17) is 11.6 Å². The maximum absolute atomic E-state index is 12.0. The number of likely N-dealkylation sites (tertiary alicyclic amines) is 1. The van der Waals surface area contributed by atoms with E-state index < -0.39 is 29.0 Å². The molecule has 1 saturated heterocycles. The molecular formula is C13H12ClN2NaO4S2. The zero-order valence-corrected chi connectivity index (χ0v) is 16.9. The minimum absolute atomic E-state index is 0. The van der Waals surface area contributed by atoms with Crippen molar-refractivity contribution in [1.29, 1.82) is 0 Å². The van der Waals surface area contributed by atoms with E-state index in [1.165, 1.54) is 18.3 Å². The van der Waals surface area contributed by atoms with Crippen LogP contribution >= 0.6 is 35.6 Å². The van der Waals surface area contributed by atoms with E-state index in [-0.39, 0.29) is 46.9 Å². The molecule has 2 unspecified atom stereocenters. The first-order chi connectivity index (χ1) is 10.3. The van der Waals surface area contributed by atoms with E-state index in [9.17, 15) is 19.5 Å². The minimum atomic E-state index is -1.57. The molecule has 0 spiro atoms. The molecule has 23 heavy (non-hydrogen) atoms. The first kappa shape index (κ1) is 20.5. The number of allylic oxidation sites excluding steroid dienone is 1. The summed E-state index contributed by atoms with van der Waals surface area (Å²) in [6, 6.07) is 2.75. The first-order valence-electron chi connectivity index (χ1n) is 6.23. The number of nitrogens with zero attached hydrogens (tertiary/aromatic N) is 1. The van der Waals surface area contributed by atoms with Crippen molar-refractivity contribution in [2.75, 3.05) is 0 Å². The molecular weight excluding hydrogens is 371 g/mol. The van der Waals surface area contributed by atoms with Crippen LogP contribution in [0.5, 0.6) is 0 Å². The Morgan fingerprint density at radius 3 is 2.61 bits per heavy atom. The third-order valence-electron chi connectivity index (χ3n) is 3.06. The summed E-state index contributed by atoms with van der Waals surface area (Å²) in [6.45, 7) is 1.34. The first-order valence-corrected chi connectivity index (χ1v) is 8.01. The van der Waals surface area contributed by atoms with E-state index in [1.807, 2.05) is 17.5 Å². The van der Waals surface area contributed by atoms with Crippen LogP contribution in [0.15, 0.2) is 28.2 Å². The Morgan fingerprint density at radius 1 is 1.52 bits per heavy atom. The van der Waals surface area contributed by atoms with Crippen LogP contribution < -0.4 is 40.0 Å². The van der Waals surface area contributed by atoms with Crippen molar-refractivity contribution in [1.82, 2.24) is 10.2 Å². The molecule has 0 saturated carbocycles. The Labute approximate surface area is 169 Å². The molecule has 2 atom stereocenters. The number of carboxylic acid groups (broad SMARTS) is 1. The Kier molecular flexibility index (Phi) is 7.63. The quantitative estimate of drug-likeness (QED) is 0.247. The summed E-state index contributed by atoms with van der Waals surface area (Å²) in [5.41, 5.74) is -0.435. The van der Waals surface area contributed by atoms with Gasteiger partial charge in [-0.2, -0.15) is 12.6 Å². The van der Waals surface area contributed by atoms with Crippen LogP contribution in [0, 0.1) is 0 Å². The second kappa shape index (κ2) is 8.55. The largest absolute Gasteiger partial charge is 1.00 e. The Balaban J connectivity index is 0.00000264. The second-order valence-electron chi connectivity index (χ2n) is 4.59. The third kappa shape index (κ3) is 4.52. The van der Waals surface area contributed by atoms with Crippen molar-refractivity contribution in [3.63, 3.8) is 0 Å². The number of thiophene rings is 1. The van der Waals surface area contributed by atoms with Gasteiger partial charge >= 0.3 is 29.6 Å². The van der Waals surface area contributed by atoms with Gasteiger partial charge in [0.15, 0.2) is 0 Å². The zero-order chi connectivity index (χ0) is 16.4. The number of carbonyl (C=O) groups is 3. The number of aliphatic carboxylic acids is 1. The standard InChI is InChI=1S/C13H13ClN2O4S2.Na/c1-6(14)10(13(19)20)16-11(18)9(12(16)21)15-8(17)5-7-3-2-4-22-7;/h2-4,9,12,21H,5H2,1H3,(H,15,17)(H,19,20);/q;+1/p-1/b10-6-;. The molecule has 0 radical (unpaired) electrons. The molecule has 0 aromatic carbocycles. The van der Waals surface area contributed by atoms with Crippen LogP contribution in [0.25, 0.3) is 0 Å². The summed E-state index contributed by atoms with van der Waals surface area (Å²) in [5.74, 6) is -2.48. The van der Waals surface area contributed by atoms with Crippen molar-refractivity contribution in [3.8, 4) is 0 Å². The van der Waals surface area contributed by atoms with E-state index in [2.05, 4.69) is 17.9 Å². The van der Waals surface area contributed by atoms with Crippen LogP contribution in [-0.4, -0.2) is 34.1 Å². The molecule has 1 aromatic heterocycles. The maximum Gasteiger partial charge on any atom is 1.00 e. The predicted octanol–water partition coefficient (Wildman–Crippen LogP) is -2.90. The molecule has 0 bridgehead atoms. The van der Waals surface area contributed by atoms with Crippen LogP contribution in [0.1, 0.15) is 11.8 Å². The maximum atomic E-state index is 12.0. The molecule has 0 aliphatic carbocycles. The molecule has 2 rings (SSSR count). The molecule has 1 aliphatic rings. The molecule has 1 fully saturated rings. The van der Waals surface area contributed by atoms with Gasteiger partial charge < -0.3 is 15.2 Å². The Morgan fingerprint density at radius 2 is 2.17 bits per heavy atom. The van der Waals surface area contributed by atoms with E-state index >= 15 is 0 Å². The van der Waals surface area contributed by atoms with Gasteiger partial charge in [-0.3, -0.25) is 14.5 Å². The van der Waals surface area contributed by atoms with Gasteiger partial charge in [-0.1, -0.05) is 17.7 Å². The van der Waals surface area contributed by atoms with Gasteiger partial charge in [0.05, 0.1) is 18.1 Å². The zero-order valence-electron chi connectivity index (χ0n) is 12.4. The average molecular weight is 383 g/mol. The molecule has 118 valence electrons. The fraction of sp³-hybridized carbons (Fsp3) is 0.308. The molecule has 1 N–H and O–H groups in total. The van der Waals surface area contributed by atoms with Gasteiger partial charge in [0.1, 0.15) is 11.4 Å². The molecule has 10 heteroatoms. The van der Waals surface area contributed by atoms with E-state index in [1.54, 1.807) is 0 Å². The average Bonchev–Trinajstić information content (AvgIpc) is 2.93. The van der Waals surface area contributed by atoms with Gasteiger partial charge in [-0.05, 0) is 18.4 Å². The van der Waals surface area contributed by atoms with Crippen molar-refractivity contribution >= 4 is 53.4 Å². The van der Waals surface area contributed by atoms with Gasteiger partial charge in [0, 0.05) is 9.91 Å². The second-order valence-corrected chi connectivity index (χ2v) is 6.72. The number of β-lactam (4-membered cyclic amide) rings is 1. The van der Waals surface area contributed by atoms with Gasteiger partial charge in [-0.15, -0.1) is 11.3 Å². The van der Waals surface area contributed by atoms with E-state index in [0.29, 0.717) is 0 Å². The Bertz CT molecular complexity index is 646.